The third kappa shape index (κ3) is 1.98. The van der Waals surface area contributed by atoms with Crippen molar-refractivity contribution < 1.29 is 4.39 Å². The van der Waals surface area contributed by atoms with Gasteiger partial charge in [0.15, 0.2) is 0 Å². The Hall–Kier alpha value is -1.84. The second-order valence-electron chi connectivity index (χ2n) is 4.92. The summed E-state index contributed by atoms with van der Waals surface area (Å²) in [5, 5.41) is 0. The molecule has 0 unspecified atom stereocenters. The summed E-state index contributed by atoms with van der Waals surface area (Å²) < 4.78 is 16.6. The van der Waals surface area contributed by atoms with E-state index in [4.69, 9.17) is 0 Å². The molecule has 94 valence electrons. The van der Waals surface area contributed by atoms with Gasteiger partial charge in [0.1, 0.15) is 5.82 Å². The molecule has 1 fully saturated rings. The number of hydrogen-bond acceptors (Lipinski definition) is 1. The van der Waals surface area contributed by atoms with Crippen LogP contribution in [0.5, 0.6) is 0 Å². The lowest BCUT2D eigenvalue weighted by molar-refractivity contribution is 0.618. The summed E-state index contributed by atoms with van der Waals surface area (Å²) in [5.74, 6) is -0.259. The average molecular weight is 246 g/mol. The minimum Gasteiger partial charge on any atom is -0.296 e. The third-order valence-electron chi connectivity index (χ3n) is 3.47. The van der Waals surface area contributed by atoms with E-state index in [9.17, 15) is 9.18 Å². The van der Waals surface area contributed by atoms with Gasteiger partial charge in [0.05, 0.1) is 6.54 Å². The molecule has 3 nitrogen and oxygen atoms in total. The van der Waals surface area contributed by atoms with Crippen LogP contribution < -0.4 is 5.69 Å². The molecule has 0 bridgehead atoms. The minimum absolute atomic E-state index is 0.00108. The Balaban J connectivity index is 1.92. The van der Waals surface area contributed by atoms with Gasteiger partial charge in [0.2, 0.25) is 0 Å². The minimum atomic E-state index is -0.259. The Labute approximate surface area is 104 Å². The highest BCUT2D eigenvalue weighted by atomic mass is 19.1. The van der Waals surface area contributed by atoms with Crippen LogP contribution in [0.25, 0.3) is 0 Å². The van der Waals surface area contributed by atoms with Gasteiger partial charge in [-0.3, -0.25) is 9.13 Å². The maximum absolute atomic E-state index is 13.2. The Morgan fingerprint density at radius 1 is 1.33 bits per heavy atom. The first-order chi connectivity index (χ1) is 8.65. The zero-order chi connectivity index (χ0) is 12.7. The van der Waals surface area contributed by atoms with Crippen LogP contribution in [0.2, 0.25) is 0 Å². The van der Waals surface area contributed by atoms with Crippen LogP contribution in [-0.2, 0) is 6.54 Å². The molecule has 1 saturated carbocycles. The number of nitrogens with zero attached hydrogens (tertiary/aromatic N) is 2. The predicted molar refractivity (Wildman–Crippen MR) is 67.2 cm³/mol. The van der Waals surface area contributed by atoms with Gasteiger partial charge in [-0.05, 0) is 43.0 Å². The van der Waals surface area contributed by atoms with Gasteiger partial charge >= 0.3 is 5.69 Å². The summed E-state index contributed by atoms with van der Waals surface area (Å²) in [4.78, 5) is 12.1. The highest BCUT2D eigenvalue weighted by Gasteiger charge is 2.25. The van der Waals surface area contributed by atoms with Crippen molar-refractivity contribution in [2.24, 2.45) is 0 Å². The Morgan fingerprint density at radius 2 is 2.11 bits per heavy atom. The summed E-state index contributed by atoms with van der Waals surface area (Å²) in [6.45, 7) is 2.36. The Bertz CT molecular complexity index is 637. The van der Waals surface area contributed by atoms with E-state index in [1.54, 1.807) is 21.4 Å². The molecule has 0 spiro atoms. The second kappa shape index (κ2) is 4.12. The van der Waals surface area contributed by atoms with E-state index in [0.717, 1.165) is 24.0 Å². The van der Waals surface area contributed by atoms with Crippen molar-refractivity contribution in [3.8, 4) is 0 Å². The maximum Gasteiger partial charge on any atom is 0.328 e. The van der Waals surface area contributed by atoms with Crippen molar-refractivity contribution in [2.75, 3.05) is 0 Å². The van der Waals surface area contributed by atoms with E-state index in [1.165, 1.54) is 12.1 Å². The van der Waals surface area contributed by atoms with Gasteiger partial charge in [-0.1, -0.05) is 6.07 Å². The van der Waals surface area contributed by atoms with Crippen molar-refractivity contribution in [3.05, 3.63) is 58.0 Å². The number of rotatable bonds is 3. The zero-order valence-electron chi connectivity index (χ0n) is 10.3. The molecule has 0 amide bonds. The van der Waals surface area contributed by atoms with Gasteiger partial charge in [-0.25, -0.2) is 9.18 Å². The van der Waals surface area contributed by atoms with E-state index in [2.05, 4.69) is 0 Å². The van der Waals surface area contributed by atoms with Crippen molar-refractivity contribution in [1.82, 2.24) is 9.13 Å². The van der Waals surface area contributed by atoms with Gasteiger partial charge < -0.3 is 0 Å². The zero-order valence-corrected chi connectivity index (χ0v) is 10.3. The standard InChI is InChI=1S/C14H15FN2O/c1-10-2-3-12(15)8-11(10)9-16-6-7-17(14(16)18)13-4-5-13/h2-3,6-8,13H,4-5,9H2,1H3. The molecular weight excluding hydrogens is 231 g/mol. The fourth-order valence-corrected chi connectivity index (χ4v) is 2.17. The number of aromatic nitrogens is 2. The molecule has 3 rings (SSSR count). The maximum atomic E-state index is 13.2. The van der Waals surface area contributed by atoms with Crippen LogP contribution in [0.15, 0.2) is 35.4 Å². The Kier molecular flexibility index (Phi) is 2.58. The lowest BCUT2D eigenvalue weighted by Gasteiger charge is -2.06. The molecule has 1 aliphatic carbocycles. The van der Waals surface area contributed by atoms with Gasteiger partial charge in [0, 0.05) is 18.4 Å². The molecular formula is C14H15FN2O. The molecule has 1 aromatic heterocycles. The molecule has 0 saturated heterocycles. The highest BCUT2D eigenvalue weighted by Crippen LogP contribution is 2.33. The fraction of sp³-hybridized carbons (Fsp3) is 0.357. The van der Waals surface area contributed by atoms with Crippen molar-refractivity contribution in [3.63, 3.8) is 0 Å². The van der Waals surface area contributed by atoms with Gasteiger partial charge in [-0.2, -0.15) is 0 Å². The topological polar surface area (TPSA) is 26.9 Å². The number of aryl methyl sites for hydroxylation is 1. The largest absolute Gasteiger partial charge is 0.328 e. The third-order valence-corrected chi connectivity index (χ3v) is 3.47. The lowest BCUT2D eigenvalue weighted by Crippen LogP contribution is -2.24. The normalized spacial score (nSPS) is 15.0. The molecule has 0 atom stereocenters. The van der Waals surface area contributed by atoms with E-state index in [1.807, 2.05) is 13.1 Å². The van der Waals surface area contributed by atoms with E-state index in [-0.39, 0.29) is 11.5 Å². The van der Waals surface area contributed by atoms with E-state index < -0.39 is 0 Å². The van der Waals surface area contributed by atoms with Crippen LogP contribution in [0.1, 0.15) is 30.0 Å². The van der Waals surface area contributed by atoms with Crippen molar-refractivity contribution in [1.29, 1.82) is 0 Å². The van der Waals surface area contributed by atoms with Gasteiger partial charge in [-0.15, -0.1) is 0 Å². The highest BCUT2D eigenvalue weighted by molar-refractivity contribution is 5.26. The Morgan fingerprint density at radius 3 is 2.83 bits per heavy atom. The predicted octanol–water partition coefficient (Wildman–Crippen LogP) is 2.48. The number of halogens is 1. The number of imidazole rings is 1. The van der Waals surface area contributed by atoms with E-state index >= 15 is 0 Å². The summed E-state index contributed by atoms with van der Waals surface area (Å²) >= 11 is 0. The first-order valence-corrected chi connectivity index (χ1v) is 6.17. The number of benzene rings is 1. The van der Waals surface area contributed by atoms with Crippen LogP contribution in [0.4, 0.5) is 4.39 Å². The molecule has 0 radical (unpaired) electrons. The summed E-state index contributed by atoms with van der Waals surface area (Å²) in [5.41, 5.74) is 1.86. The SMILES string of the molecule is Cc1ccc(F)cc1Cn1ccn(C2CC2)c1=O. The molecule has 18 heavy (non-hydrogen) atoms. The first-order valence-electron chi connectivity index (χ1n) is 6.17. The molecule has 1 heterocycles. The smallest absolute Gasteiger partial charge is 0.296 e. The van der Waals surface area contributed by atoms with Crippen molar-refractivity contribution in [2.45, 2.75) is 32.4 Å². The molecule has 0 N–H and O–H groups in total. The molecule has 2 aromatic rings. The lowest BCUT2D eigenvalue weighted by atomic mass is 10.1. The van der Waals surface area contributed by atoms with Crippen molar-refractivity contribution >= 4 is 0 Å². The number of hydrogen-bond donors (Lipinski definition) is 0. The van der Waals surface area contributed by atoms with Crippen LogP contribution in [0.3, 0.4) is 0 Å². The molecule has 1 aliphatic rings. The van der Waals surface area contributed by atoms with Gasteiger partial charge in [0.25, 0.3) is 0 Å². The molecule has 4 heteroatoms. The summed E-state index contributed by atoms with van der Waals surface area (Å²) in [6, 6.07) is 5.06. The van der Waals surface area contributed by atoms with Crippen LogP contribution in [0, 0.1) is 12.7 Å². The fourth-order valence-electron chi connectivity index (χ4n) is 2.17. The molecule has 0 aliphatic heterocycles. The monoisotopic (exact) mass is 246 g/mol. The first kappa shape index (κ1) is 11.3. The van der Waals surface area contributed by atoms with Crippen LogP contribution >= 0.6 is 0 Å². The average Bonchev–Trinajstić information content (AvgIpc) is 3.11. The summed E-state index contributed by atoms with van der Waals surface area (Å²) in [6.07, 6.45) is 5.78. The van der Waals surface area contributed by atoms with E-state index in [0.29, 0.717) is 12.6 Å². The second-order valence-corrected chi connectivity index (χ2v) is 4.92. The quantitative estimate of drug-likeness (QED) is 0.817. The van der Waals surface area contributed by atoms with Crippen LogP contribution in [-0.4, -0.2) is 9.13 Å². The molecule has 1 aromatic carbocycles. The summed E-state index contributed by atoms with van der Waals surface area (Å²) in [7, 11) is 0.